The standard InChI is InChI=1S/C21H20F2N2O2/c1-4-13-9-14(12-25(3)21(13)26)17-11-16(24-2)6-8-19(17)27-20-7-5-15(22)10-18(20)23/h5-12,24H,4H2,1-3H3. The van der Waals surface area contributed by atoms with E-state index in [1.165, 1.54) is 10.6 Å². The second-order valence-electron chi connectivity index (χ2n) is 6.16. The predicted octanol–water partition coefficient (Wildman–Crippen LogP) is 4.73. The summed E-state index contributed by atoms with van der Waals surface area (Å²) in [6.45, 7) is 1.91. The number of anilines is 1. The molecule has 6 heteroatoms. The number of benzene rings is 2. The van der Waals surface area contributed by atoms with Crippen LogP contribution in [0, 0.1) is 11.6 Å². The van der Waals surface area contributed by atoms with Gasteiger partial charge >= 0.3 is 0 Å². The van der Waals surface area contributed by atoms with E-state index in [0.717, 1.165) is 23.4 Å². The minimum atomic E-state index is -0.784. The molecule has 1 N–H and O–H groups in total. The van der Waals surface area contributed by atoms with E-state index in [0.29, 0.717) is 23.3 Å². The Morgan fingerprint density at radius 2 is 1.81 bits per heavy atom. The van der Waals surface area contributed by atoms with Crippen LogP contribution in [0.1, 0.15) is 12.5 Å². The minimum Gasteiger partial charge on any atom is -0.454 e. The van der Waals surface area contributed by atoms with Gasteiger partial charge in [0, 0.05) is 48.7 Å². The largest absolute Gasteiger partial charge is 0.454 e. The van der Waals surface area contributed by atoms with Crippen molar-refractivity contribution in [2.75, 3.05) is 12.4 Å². The highest BCUT2D eigenvalue weighted by Crippen LogP contribution is 2.36. The second kappa shape index (κ2) is 7.61. The van der Waals surface area contributed by atoms with E-state index in [-0.39, 0.29) is 11.3 Å². The Labute approximate surface area is 156 Å². The Hall–Kier alpha value is -3.15. The summed E-state index contributed by atoms with van der Waals surface area (Å²) in [6, 6.07) is 10.3. The highest BCUT2D eigenvalue weighted by Gasteiger charge is 2.14. The third-order valence-electron chi connectivity index (χ3n) is 4.33. The molecular formula is C21H20F2N2O2. The lowest BCUT2D eigenvalue weighted by Gasteiger charge is -2.15. The van der Waals surface area contributed by atoms with Gasteiger partial charge in [0.2, 0.25) is 0 Å². The molecule has 3 aromatic rings. The fourth-order valence-electron chi connectivity index (χ4n) is 2.86. The van der Waals surface area contributed by atoms with Crippen LogP contribution >= 0.6 is 0 Å². The number of nitrogens with zero attached hydrogens (tertiary/aromatic N) is 1. The van der Waals surface area contributed by atoms with Gasteiger partial charge in [-0.2, -0.15) is 0 Å². The molecule has 1 heterocycles. The van der Waals surface area contributed by atoms with E-state index >= 15 is 0 Å². The third-order valence-corrected chi connectivity index (χ3v) is 4.33. The van der Waals surface area contributed by atoms with Crippen LogP contribution < -0.4 is 15.6 Å². The fraction of sp³-hybridized carbons (Fsp3) is 0.190. The van der Waals surface area contributed by atoms with E-state index in [1.807, 2.05) is 19.1 Å². The second-order valence-corrected chi connectivity index (χ2v) is 6.16. The summed E-state index contributed by atoms with van der Waals surface area (Å²) in [4.78, 5) is 12.2. The first kappa shape index (κ1) is 18.6. The van der Waals surface area contributed by atoms with Gasteiger partial charge in [0.15, 0.2) is 11.6 Å². The van der Waals surface area contributed by atoms with Gasteiger partial charge in [0.1, 0.15) is 11.6 Å². The maximum atomic E-state index is 14.0. The highest BCUT2D eigenvalue weighted by atomic mass is 19.1. The molecule has 4 nitrogen and oxygen atoms in total. The lowest BCUT2D eigenvalue weighted by molar-refractivity contribution is 0.439. The van der Waals surface area contributed by atoms with E-state index < -0.39 is 11.6 Å². The molecule has 0 saturated carbocycles. The van der Waals surface area contributed by atoms with E-state index in [1.54, 1.807) is 32.4 Å². The molecule has 140 valence electrons. The van der Waals surface area contributed by atoms with Crippen molar-refractivity contribution in [3.63, 3.8) is 0 Å². The van der Waals surface area contributed by atoms with Crippen LogP contribution in [0.4, 0.5) is 14.5 Å². The molecule has 0 fully saturated rings. The number of aryl methyl sites for hydroxylation is 2. The normalized spacial score (nSPS) is 10.7. The first-order valence-electron chi connectivity index (χ1n) is 8.57. The number of ether oxygens (including phenoxy) is 1. The molecule has 27 heavy (non-hydrogen) atoms. The summed E-state index contributed by atoms with van der Waals surface area (Å²) >= 11 is 0. The Morgan fingerprint density at radius 3 is 2.48 bits per heavy atom. The molecule has 0 unspecified atom stereocenters. The summed E-state index contributed by atoms with van der Waals surface area (Å²) in [7, 11) is 3.48. The lowest BCUT2D eigenvalue weighted by atomic mass is 10.0. The van der Waals surface area contributed by atoms with Crippen LogP contribution in [-0.2, 0) is 13.5 Å². The molecule has 0 saturated heterocycles. The van der Waals surface area contributed by atoms with Crippen molar-refractivity contribution in [2.45, 2.75) is 13.3 Å². The van der Waals surface area contributed by atoms with Crippen LogP contribution in [0.25, 0.3) is 11.1 Å². The molecule has 0 aliphatic carbocycles. The Morgan fingerprint density at radius 1 is 1.07 bits per heavy atom. The molecular weight excluding hydrogens is 350 g/mol. The average Bonchev–Trinajstić information content (AvgIpc) is 2.66. The fourth-order valence-corrected chi connectivity index (χ4v) is 2.86. The van der Waals surface area contributed by atoms with Crippen molar-refractivity contribution in [3.05, 3.63) is 76.2 Å². The van der Waals surface area contributed by atoms with E-state index in [9.17, 15) is 13.6 Å². The van der Waals surface area contributed by atoms with E-state index in [2.05, 4.69) is 5.32 Å². The van der Waals surface area contributed by atoms with Gasteiger partial charge < -0.3 is 14.6 Å². The van der Waals surface area contributed by atoms with Crippen molar-refractivity contribution in [1.29, 1.82) is 0 Å². The molecule has 0 spiro atoms. The molecule has 2 aromatic carbocycles. The topological polar surface area (TPSA) is 43.3 Å². The van der Waals surface area contributed by atoms with Crippen molar-refractivity contribution >= 4 is 5.69 Å². The number of nitrogens with one attached hydrogen (secondary N) is 1. The summed E-state index contributed by atoms with van der Waals surface area (Å²) in [5, 5.41) is 3.05. The number of pyridine rings is 1. The van der Waals surface area contributed by atoms with Gasteiger partial charge in [0.25, 0.3) is 5.56 Å². The van der Waals surface area contributed by atoms with Crippen molar-refractivity contribution < 1.29 is 13.5 Å². The molecule has 0 amide bonds. The van der Waals surface area contributed by atoms with Gasteiger partial charge in [-0.3, -0.25) is 4.79 Å². The summed E-state index contributed by atoms with van der Waals surface area (Å²) in [5.74, 6) is -1.12. The average molecular weight is 370 g/mol. The quantitative estimate of drug-likeness (QED) is 0.706. The maximum absolute atomic E-state index is 14.0. The molecule has 0 radical (unpaired) electrons. The number of aromatic nitrogens is 1. The van der Waals surface area contributed by atoms with Crippen molar-refractivity contribution in [1.82, 2.24) is 4.57 Å². The van der Waals surface area contributed by atoms with Crippen LogP contribution in [-0.4, -0.2) is 11.6 Å². The zero-order valence-electron chi connectivity index (χ0n) is 15.3. The van der Waals surface area contributed by atoms with Gasteiger partial charge in [0.05, 0.1) is 0 Å². The Bertz CT molecular complexity index is 1040. The van der Waals surface area contributed by atoms with Crippen LogP contribution in [0.3, 0.4) is 0 Å². The van der Waals surface area contributed by atoms with Gasteiger partial charge in [-0.15, -0.1) is 0 Å². The lowest BCUT2D eigenvalue weighted by Crippen LogP contribution is -2.20. The summed E-state index contributed by atoms with van der Waals surface area (Å²) < 4.78 is 34.4. The van der Waals surface area contributed by atoms with Crippen LogP contribution in [0.2, 0.25) is 0 Å². The molecule has 0 aliphatic rings. The number of hydrogen-bond acceptors (Lipinski definition) is 3. The van der Waals surface area contributed by atoms with E-state index in [4.69, 9.17) is 4.74 Å². The Kier molecular flexibility index (Phi) is 5.26. The van der Waals surface area contributed by atoms with Crippen molar-refractivity contribution in [3.8, 4) is 22.6 Å². The SMILES string of the molecule is CCc1cc(-c2cc(NC)ccc2Oc2ccc(F)cc2F)cn(C)c1=O. The van der Waals surface area contributed by atoms with Crippen LogP contribution in [0.5, 0.6) is 11.5 Å². The van der Waals surface area contributed by atoms with Crippen molar-refractivity contribution in [2.24, 2.45) is 7.05 Å². The molecule has 0 aliphatic heterocycles. The zero-order valence-corrected chi connectivity index (χ0v) is 15.3. The minimum absolute atomic E-state index is 0.0573. The van der Waals surface area contributed by atoms with Gasteiger partial charge in [-0.1, -0.05) is 6.92 Å². The third kappa shape index (κ3) is 3.84. The monoisotopic (exact) mass is 370 g/mol. The molecule has 1 aromatic heterocycles. The smallest absolute Gasteiger partial charge is 0.253 e. The Balaban J connectivity index is 2.14. The first-order valence-corrected chi connectivity index (χ1v) is 8.57. The zero-order chi connectivity index (χ0) is 19.6. The van der Waals surface area contributed by atoms with Crippen LogP contribution in [0.15, 0.2) is 53.5 Å². The number of halogens is 2. The summed E-state index contributed by atoms with van der Waals surface area (Å²) in [6.07, 6.45) is 2.30. The first-order chi connectivity index (χ1) is 12.9. The predicted molar refractivity (Wildman–Crippen MR) is 102 cm³/mol. The molecule has 3 rings (SSSR count). The summed E-state index contributed by atoms with van der Waals surface area (Å²) in [5.41, 5.74) is 2.91. The highest BCUT2D eigenvalue weighted by molar-refractivity contribution is 5.75. The molecule has 0 atom stereocenters. The maximum Gasteiger partial charge on any atom is 0.253 e. The number of rotatable bonds is 5. The molecule has 0 bridgehead atoms. The van der Waals surface area contributed by atoms with Gasteiger partial charge in [-0.25, -0.2) is 8.78 Å². The number of hydrogen-bond donors (Lipinski definition) is 1. The van der Waals surface area contributed by atoms with Gasteiger partial charge in [-0.05, 0) is 42.8 Å².